The van der Waals surface area contributed by atoms with Gasteiger partial charge in [-0.25, -0.2) is 22.6 Å². The fourth-order valence-corrected chi connectivity index (χ4v) is 2.91. The average molecular weight is 460 g/mol. The van der Waals surface area contributed by atoms with Gasteiger partial charge in [0, 0.05) is 23.6 Å². The molecule has 6 nitrogen and oxygen atoms in total. The molecule has 0 unspecified atom stereocenters. The third-order valence-corrected chi connectivity index (χ3v) is 4.64. The van der Waals surface area contributed by atoms with Gasteiger partial charge in [0.05, 0.1) is 23.0 Å². The molecule has 0 aliphatic heterocycles. The molecule has 1 heterocycles. The summed E-state index contributed by atoms with van der Waals surface area (Å²) in [4.78, 5) is -0.357. The number of rotatable bonds is 9. The zero-order valence-electron chi connectivity index (χ0n) is 15.1. The lowest BCUT2D eigenvalue weighted by molar-refractivity contribution is 0.276. The van der Waals surface area contributed by atoms with Crippen LogP contribution in [-0.4, -0.2) is 28.6 Å². The van der Waals surface area contributed by atoms with Crippen molar-refractivity contribution in [3.8, 4) is 0 Å². The molecule has 1 aromatic heterocycles. The first kappa shape index (κ1) is 23.2. The molecule has 0 atom stereocenters. The molecule has 0 fully saturated rings. The minimum Gasteiger partial charge on any atom is -0.390 e. The molecule has 0 spiro atoms. The van der Waals surface area contributed by atoms with Gasteiger partial charge in [0.1, 0.15) is 0 Å². The lowest BCUT2D eigenvalue weighted by Crippen LogP contribution is -2.13. The van der Waals surface area contributed by atoms with Crippen LogP contribution in [0.4, 0.5) is 4.39 Å². The van der Waals surface area contributed by atoms with Crippen LogP contribution in [0.1, 0.15) is 25.2 Å². The number of sulfonamides is 1. The SMILES string of the molecule is C/C=C(\C=C/CBr)Cc1cc(CO)nn1/C=C/C=C(\C=C(/C)F)S(N)(=O)=O. The molecule has 3 N–H and O–H groups in total. The lowest BCUT2D eigenvalue weighted by atomic mass is 10.1. The number of allylic oxidation sites excluding steroid dienone is 8. The molecule has 0 aliphatic carbocycles. The minimum atomic E-state index is -4.06. The van der Waals surface area contributed by atoms with E-state index in [4.69, 9.17) is 5.14 Å². The Morgan fingerprint density at radius 3 is 2.70 bits per heavy atom. The van der Waals surface area contributed by atoms with Crippen molar-refractivity contribution in [1.29, 1.82) is 0 Å². The van der Waals surface area contributed by atoms with Crippen molar-refractivity contribution in [3.05, 3.63) is 70.2 Å². The van der Waals surface area contributed by atoms with E-state index < -0.39 is 15.9 Å². The Morgan fingerprint density at radius 2 is 2.19 bits per heavy atom. The van der Waals surface area contributed by atoms with E-state index in [0.29, 0.717) is 12.1 Å². The summed E-state index contributed by atoms with van der Waals surface area (Å²) in [7, 11) is -4.06. The van der Waals surface area contributed by atoms with Crippen molar-refractivity contribution in [2.45, 2.75) is 26.9 Å². The molecule has 1 rings (SSSR count). The van der Waals surface area contributed by atoms with Crippen LogP contribution in [0, 0.1) is 0 Å². The first-order valence-electron chi connectivity index (χ1n) is 8.02. The summed E-state index contributed by atoms with van der Waals surface area (Å²) in [5.41, 5.74) is 2.32. The van der Waals surface area contributed by atoms with E-state index in [0.717, 1.165) is 29.6 Å². The molecule has 0 bridgehead atoms. The van der Waals surface area contributed by atoms with Gasteiger partial charge in [0.25, 0.3) is 0 Å². The highest BCUT2D eigenvalue weighted by Crippen LogP contribution is 2.14. The van der Waals surface area contributed by atoms with E-state index in [1.54, 1.807) is 6.07 Å². The highest BCUT2D eigenvalue weighted by atomic mass is 79.9. The van der Waals surface area contributed by atoms with Gasteiger partial charge < -0.3 is 5.11 Å². The van der Waals surface area contributed by atoms with Crippen LogP contribution in [0.15, 0.2) is 58.8 Å². The molecular formula is C18H23BrFN3O3S. The topological polar surface area (TPSA) is 98.2 Å². The molecule has 148 valence electrons. The lowest BCUT2D eigenvalue weighted by Gasteiger charge is -2.03. The van der Waals surface area contributed by atoms with Crippen molar-refractivity contribution in [2.24, 2.45) is 5.14 Å². The fourth-order valence-electron chi connectivity index (χ4n) is 2.13. The van der Waals surface area contributed by atoms with Crippen LogP contribution in [0.5, 0.6) is 0 Å². The monoisotopic (exact) mass is 459 g/mol. The first-order chi connectivity index (χ1) is 12.7. The fraction of sp³-hybridized carbons (Fsp3) is 0.278. The number of alkyl halides is 1. The van der Waals surface area contributed by atoms with Gasteiger partial charge in [-0.05, 0) is 43.7 Å². The normalized spacial score (nSPS) is 14.7. The van der Waals surface area contributed by atoms with Gasteiger partial charge in [-0.15, -0.1) is 0 Å². The Balaban J connectivity index is 3.21. The quantitative estimate of drug-likeness (QED) is 0.436. The number of hydrogen-bond acceptors (Lipinski definition) is 4. The smallest absolute Gasteiger partial charge is 0.238 e. The summed E-state index contributed by atoms with van der Waals surface area (Å²) in [5, 5.41) is 19.4. The Kier molecular flexibility index (Phi) is 9.57. The van der Waals surface area contributed by atoms with Gasteiger partial charge in [0.2, 0.25) is 10.0 Å². The maximum atomic E-state index is 13.0. The van der Waals surface area contributed by atoms with Crippen molar-refractivity contribution in [3.63, 3.8) is 0 Å². The molecule has 0 amide bonds. The standard InChI is InChI=1S/C18H23BrFN3O3S/c1-3-15(6-4-8-19)11-17-12-16(13-24)22-23(17)9-5-7-18(10-14(2)20)27(21,25)26/h3-7,9-10,12,24H,8,11,13H2,1-2H3,(H2,21,25,26)/b6-4-,9-5+,14-10+,15-3+,18-7+. The van der Waals surface area contributed by atoms with Gasteiger partial charge in [-0.2, -0.15) is 5.10 Å². The van der Waals surface area contributed by atoms with Crippen molar-refractivity contribution in [2.75, 3.05) is 5.33 Å². The molecular weight excluding hydrogens is 437 g/mol. The van der Waals surface area contributed by atoms with Gasteiger partial charge in [-0.1, -0.05) is 34.2 Å². The maximum absolute atomic E-state index is 13.0. The predicted molar refractivity (Wildman–Crippen MR) is 110 cm³/mol. The third kappa shape index (κ3) is 8.17. The zero-order valence-corrected chi connectivity index (χ0v) is 17.5. The number of hydrogen-bond donors (Lipinski definition) is 2. The summed E-state index contributed by atoms with van der Waals surface area (Å²) in [6.45, 7) is 2.82. The highest BCUT2D eigenvalue weighted by molar-refractivity contribution is 9.09. The Labute approximate surface area is 167 Å². The van der Waals surface area contributed by atoms with Crippen LogP contribution in [-0.2, 0) is 23.1 Å². The number of nitrogens with two attached hydrogens (primary N) is 1. The number of aromatic nitrogens is 2. The van der Waals surface area contributed by atoms with Gasteiger partial charge >= 0.3 is 0 Å². The Hall–Kier alpha value is -1.81. The number of halogens is 2. The Morgan fingerprint density at radius 1 is 1.48 bits per heavy atom. The van der Waals surface area contributed by atoms with Crippen LogP contribution < -0.4 is 5.14 Å². The summed E-state index contributed by atoms with van der Waals surface area (Å²) in [5.74, 6) is -0.678. The second kappa shape index (κ2) is 11.1. The summed E-state index contributed by atoms with van der Waals surface area (Å²) in [6.07, 6.45) is 11.4. The van der Waals surface area contributed by atoms with Crippen LogP contribution in [0.2, 0.25) is 0 Å². The molecule has 0 radical (unpaired) electrons. The second-order valence-corrected chi connectivity index (χ2v) is 7.72. The molecule has 9 heteroatoms. The van der Waals surface area contributed by atoms with Gasteiger partial charge in [-0.3, -0.25) is 0 Å². The molecule has 0 saturated heterocycles. The summed E-state index contributed by atoms with van der Waals surface area (Å²) >= 11 is 3.33. The summed E-state index contributed by atoms with van der Waals surface area (Å²) in [6, 6.07) is 1.76. The van der Waals surface area contributed by atoms with Crippen molar-refractivity contribution in [1.82, 2.24) is 9.78 Å². The van der Waals surface area contributed by atoms with E-state index in [1.807, 2.05) is 25.2 Å². The average Bonchev–Trinajstić information content (AvgIpc) is 2.98. The molecule has 1 aromatic rings. The maximum Gasteiger partial charge on any atom is 0.238 e. The Bertz CT molecular complexity index is 893. The largest absolute Gasteiger partial charge is 0.390 e. The number of primary sulfonamides is 1. The van der Waals surface area contributed by atoms with E-state index in [-0.39, 0.29) is 11.5 Å². The highest BCUT2D eigenvalue weighted by Gasteiger charge is 2.09. The van der Waals surface area contributed by atoms with Crippen LogP contribution in [0.25, 0.3) is 6.20 Å². The molecule has 0 saturated carbocycles. The zero-order chi connectivity index (χ0) is 20.4. The third-order valence-electron chi connectivity index (χ3n) is 3.36. The van der Waals surface area contributed by atoms with E-state index in [2.05, 4.69) is 21.0 Å². The minimum absolute atomic E-state index is 0.224. The molecule has 0 aromatic carbocycles. The predicted octanol–water partition coefficient (Wildman–Crippen LogP) is 3.33. The van der Waals surface area contributed by atoms with E-state index in [1.165, 1.54) is 23.0 Å². The number of nitrogens with zero attached hydrogens (tertiary/aromatic N) is 2. The number of aliphatic hydroxyl groups is 1. The van der Waals surface area contributed by atoms with Crippen LogP contribution >= 0.6 is 15.9 Å². The van der Waals surface area contributed by atoms with Crippen molar-refractivity contribution < 1.29 is 17.9 Å². The van der Waals surface area contributed by atoms with Gasteiger partial charge in [0.15, 0.2) is 0 Å². The summed E-state index contributed by atoms with van der Waals surface area (Å²) < 4.78 is 37.6. The van der Waals surface area contributed by atoms with Crippen LogP contribution in [0.3, 0.4) is 0 Å². The molecule has 27 heavy (non-hydrogen) atoms. The van der Waals surface area contributed by atoms with E-state index in [9.17, 15) is 17.9 Å². The van der Waals surface area contributed by atoms with E-state index >= 15 is 0 Å². The molecule has 0 aliphatic rings. The first-order valence-corrected chi connectivity index (χ1v) is 10.7. The number of aliphatic hydroxyl groups excluding tert-OH is 1. The van der Waals surface area contributed by atoms with Crippen molar-refractivity contribution >= 4 is 32.2 Å². The second-order valence-electron chi connectivity index (χ2n) is 5.51.